The van der Waals surface area contributed by atoms with E-state index in [0.717, 1.165) is 27.8 Å². The van der Waals surface area contributed by atoms with Crippen LogP contribution in [0.5, 0.6) is 0 Å². The zero-order chi connectivity index (χ0) is 11.8. The van der Waals surface area contributed by atoms with Gasteiger partial charge in [0.05, 0.1) is 5.39 Å². The Labute approximate surface area is 105 Å². The molecule has 2 aromatic rings. The number of anilines is 1. The lowest BCUT2D eigenvalue weighted by molar-refractivity contribution is 0.587. The Morgan fingerprint density at radius 2 is 2.24 bits per heavy atom. The highest BCUT2D eigenvalue weighted by molar-refractivity contribution is 7.16. The van der Waals surface area contributed by atoms with Crippen LogP contribution in [0.1, 0.15) is 37.9 Å². The Morgan fingerprint density at radius 1 is 1.35 bits per heavy atom. The molecular weight excluding hydrogens is 230 g/mol. The Kier molecular flexibility index (Phi) is 2.74. The molecule has 17 heavy (non-hydrogen) atoms. The van der Waals surface area contributed by atoms with E-state index in [1.165, 1.54) is 19.3 Å². The van der Waals surface area contributed by atoms with Gasteiger partial charge in [-0.1, -0.05) is 6.92 Å². The molecule has 2 aromatic heterocycles. The quantitative estimate of drug-likeness (QED) is 0.880. The summed E-state index contributed by atoms with van der Waals surface area (Å²) in [4.78, 5) is 10.5. The molecule has 3 nitrogen and oxygen atoms in total. The molecule has 0 amide bonds. The molecule has 2 heterocycles. The first-order valence-electron chi connectivity index (χ1n) is 6.21. The van der Waals surface area contributed by atoms with Gasteiger partial charge in [0.1, 0.15) is 16.5 Å². The van der Waals surface area contributed by atoms with E-state index in [2.05, 4.69) is 23.7 Å². The second-order valence-electron chi connectivity index (χ2n) is 4.93. The van der Waals surface area contributed by atoms with Gasteiger partial charge in [-0.15, -0.1) is 11.3 Å². The first-order chi connectivity index (χ1) is 8.28. The second-order valence-corrected chi connectivity index (χ2v) is 5.83. The number of fused-ring (bicyclic) bond motifs is 1. The molecule has 1 aliphatic carbocycles. The highest BCUT2D eigenvalue weighted by Gasteiger charge is 2.25. The average Bonchev–Trinajstić information content (AvgIpc) is 2.95. The maximum atomic E-state index is 4.73. The number of hydrogen-bond donors (Lipinski definition) is 1. The van der Waals surface area contributed by atoms with Gasteiger partial charge in [0, 0.05) is 13.0 Å². The van der Waals surface area contributed by atoms with Crippen molar-refractivity contribution in [2.75, 3.05) is 12.4 Å². The van der Waals surface area contributed by atoms with Gasteiger partial charge in [-0.3, -0.25) is 0 Å². The molecule has 1 saturated carbocycles. The van der Waals surface area contributed by atoms with E-state index >= 15 is 0 Å². The van der Waals surface area contributed by atoms with Crippen molar-refractivity contribution in [3.8, 4) is 0 Å². The fourth-order valence-electron chi connectivity index (χ4n) is 2.69. The van der Waals surface area contributed by atoms with Gasteiger partial charge >= 0.3 is 0 Å². The number of nitrogens with zero attached hydrogens (tertiary/aromatic N) is 2. The number of rotatable bonds is 2. The summed E-state index contributed by atoms with van der Waals surface area (Å²) in [5, 5.41) is 6.42. The molecule has 1 aliphatic rings. The molecular formula is C13H17N3S. The molecule has 1 fully saturated rings. The van der Waals surface area contributed by atoms with Crippen molar-refractivity contribution in [2.24, 2.45) is 5.92 Å². The summed E-state index contributed by atoms with van der Waals surface area (Å²) in [6, 6.07) is 2.09. The molecule has 0 aromatic carbocycles. The number of aromatic nitrogens is 2. The molecule has 1 N–H and O–H groups in total. The van der Waals surface area contributed by atoms with Crippen LogP contribution in [-0.2, 0) is 0 Å². The van der Waals surface area contributed by atoms with Crippen LogP contribution in [0.4, 0.5) is 5.82 Å². The van der Waals surface area contributed by atoms with Crippen LogP contribution in [0.3, 0.4) is 0 Å². The van der Waals surface area contributed by atoms with Gasteiger partial charge in [0.15, 0.2) is 0 Å². The molecule has 2 unspecified atom stereocenters. The van der Waals surface area contributed by atoms with Crippen LogP contribution in [-0.4, -0.2) is 17.0 Å². The summed E-state index contributed by atoms with van der Waals surface area (Å²) in [6.45, 7) is 2.32. The maximum Gasteiger partial charge on any atom is 0.138 e. The average molecular weight is 247 g/mol. The van der Waals surface area contributed by atoms with E-state index in [-0.39, 0.29) is 0 Å². The standard InChI is InChI=1S/C13H17N3S/c1-8-3-4-9(7-8)11-15-12(14-2)10-5-6-17-13(10)16-11/h5-6,8-9H,3-4,7H2,1-2H3,(H,14,15,16). The summed E-state index contributed by atoms with van der Waals surface area (Å²) >= 11 is 1.70. The third-order valence-corrected chi connectivity index (χ3v) is 4.45. The third kappa shape index (κ3) is 1.90. The molecule has 2 atom stereocenters. The summed E-state index contributed by atoms with van der Waals surface area (Å²) < 4.78 is 0. The third-order valence-electron chi connectivity index (χ3n) is 3.64. The topological polar surface area (TPSA) is 37.8 Å². The van der Waals surface area contributed by atoms with Crippen molar-refractivity contribution in [3.05, 3.63) is 17.3 Å². The van der Waals surface area contributed by atoms with Gasteiger partial charge in [-0.05, 0) is 36.6 Å². The minimum absolute atomic E-state index is 0.559. The fraction of sp³-hybridized carbons (Fsp3) is 0.538. The van der Waals surface area contributed by atoms with Crippen LogP contribution in [0.25, 0.3) is 10.2 Å². The van der Waals surface area contributed by atoms with E-state index in [9.17, 15) is 0 Å². The zero-order valence-corrected chi connectivity index (χ0v) is 11.0. The molecule has 0 aliphatic heterocycles. The van der Waals surface area contributed by atoms with Crippen molar-refractivity contribution in [2.45, 2.75) is 32.1 Å². The largest absolute Gasteiger partial charge is 0.372 e. The van der Waals surface area contributed by atoms with Crippen molar-refractivity contribution in [1.82, 2.24) is 9.97 Å². The summed E-state index contributed by atoms with van der Waals surface area (Å²) in [7, 11) is 1.93. The molecule has 0 spiro atoms. The molecule has 0 radical (unpaired) electrons. The van der Waals surface area contributed by atoms with Crippen molar-refractivity contribution in [3.63, 3.8) is 0 Å². The Balaban J connectivity index is 2.04. The van der Waals surface area contributed by atoms with E-state index in [1.807, 2.05) is 7.05 Å². The van der Waals surface area contributed by atoms with Crippen LogP contribution < -0.4 is 5.32 Å². The van der Waals surface area contributed by atoms with Gasteiger partial charge in [0.25, 0.3) is 0 Å². The Hall–Kier alpha value is -1.16. The van der Waals surface area contributed by atoms with E-state index in [4.69, 9.17) is 9.97 Å². The Morgan fingerprint density at radius 3 is 2.94 bits per heavy atom. The lowest BCUT2D eigenvalue weighted by Gasteiger charge is -2.10. The predicted octanol–water partition coefficient (Wildman–Crippen LogP) is 3.64. The van der Waals surface area contributed by atoms with Gasteiger partial charge < -0.3 is 5.32 Å². The second kappa shape index (κ2) is 4.26. The minimum Gasteiger partial charge on any atom is -0.372 e. The fourth-order valence-corrected chi connectivity index (χ4v) is 3.46. The summed E-state index contributed by atoms with van der Waals surface area (Å²) in [5.74, 6) is 3.39. The maximum absolute atomic E-state index is 4.73. The van der Waals surface area contributed by atoms with Gasteiger partial charge in [-0.25, -0.2) is 9.97 Å². The van der Waals surface area contributed by atoms with Crippen LogP contribution in [0.2, 0.25) is 0 Å². The molecule has 90 valence electrons. The van der Waals surface area contributed by atoms with E-state index < -0.39 is 0 Å². The van der Waals surface area contributed by atoms with Crippen molar-refractivity contribution < 1.29 is 0 Å². The molecule has 0 bridgehead atoms. The molecule has 4 heteroatoms. The zero-order valence-electron chi connectivity index (χ0n) is 10.2. The number of nitrogens with one attached hydrogen (secondary N) is 1. The minimum atomic E-state index is 0.559. The Bertz CT molecular complexity index is 534. The lowest BCUT2D eigenvalue weighted by atomic mass is 10.1. The highest BCUT2D eigenvalue weighted by Crippen LogP contribution is 2.38. The summed E-state index contributed by atoms with van der Waals surface area (Å²) in [6.07, 6.45) is 3.78. The number of thiophene rings is 1. The van der Waals surface area contributed by atoms with E-state index in [0.29, 0.717) is 5.92 Å². The predicted molar refractivity (Wildman–Crippen MR) is 72.7 cm³/mol. The van der Waals surface area contributed by atoms with Crippen LogP contribution in [0, 0.1) is 5.92 Å². The molecule has 3 rings (SSSR count). The normalized spacial score (nSPS) is 24.4. The van der Waals surface area contributed by atoms with Crippen LogP contribution >= 0.6 is 11.3 Å². The lowest BCUT2D eigenvalue weighted by Crippen LogP contribution is -2.04. The first kappa shape index (κ1) is 11.0. The first-order valence-corrected chi connectivity index (χ1v) is 7.08. The molecule has 0 saturated heterocycles. The monoisotopic (exact) mass is 247 g/mol. The van der Waals surface area contributed by atoms with Crippen molar-refractivity contribution >= 4 is 27.4 Å². The number of hydrogen-bond acceptors (Lipinski definition) is 4. The SMILES string of the molecule is CNc1nc(C2CCC(C)C2)nc2sccc12. The van der Waals surface area contributed by atoms with Crippen molar-refractivity contribution in [1.29, 1.82) is 0 Å². The smallest absolute Gasteiger partial charge is 0.138 e. The van der Waals surface area contributed by atoms with E-state index in [1.54, 1.807) is 11.3 Å². The van der Waals surface area contributed by atoms with Gasteiger partial charge in [0.2, 0.25) is 0 Å². The highest BCUT2D eigenvalue weighted by atomic mass is 32.1. The van der Waals surface area contributed by atoms with Crippen LogP contribution in [0.15, 0.2) is 11.4 Å². The van der Waals surface area contributed by atoms with Gasteiger partial charge in [-0.2, -0.15) is 0 Å². The summed E-state index contributed by atoms with van der Waals surface area (Å²) in [5.41, 5.74) is 0.